The van der Waals surface area contributed by atoms with Crippen LogP contribution in [0.2, 0.25) is 0 Å². The third-order valence-corrected chi connectivity index (χ3v) is 8.14. The van der Waals surface area contributed by atoms with Crippen molar-refractivity contribution in [1.82, 2.24) is 4.90 Å². The summed E-state index contributed by atoms with van der Waals surface area (Å²) < 4.78 is 5.80. The van der Waals surface area contributed by atoms with Crippen LogP contribution in [0.5, 0.6) is 5.75 Å². The van der Waals surface area contributed by atoms with Crippen molar-refractivity contribution in [2.24, 2.45) is 0 Å². The van der Waals surface area contributed by atoms with Crippen LogP contribution in [0.4, 0.5) is 0 Å². The fourth-order valence-corrected chi connectivity index (χ4v) is 5.83. The highest BCUT2D eigenvalue weighted by molar-refractivity contribution is 8.76. The summed E-state index contributed by atoms with van der Waals surface area (Å²) in [6, 6.07) is 5.75. The van der Waals surface area contributed by atoms with Crippen molar-refractivity contribution in [3.05, 3.63) is 29.3 Å². The maximum Gasteiger partial charge on any atom is 0.119 e. The highest BCUT2D eigenvalue weighted by Crippen LogP contribution is 2.38. The molecule has 1 aromatic carbocycles. The molecule has 0 aromatic heterocycles. The molecule has 0 bridgehead atoms. The topological polar surface area (TPSA) is 215 Å². The van der Waals surface area contributed by atoms with Gasteiger partial charge >= 0.3 is 0 Å². The fourth-order valence-electron chi connectivity index (χ4n) is 3.60. The van der Waals surface area contributed by atoms with Gasteiger partial charge in [-0.2, -0.15) is 0 Å². The summed E-state index contributed by atoms with van der Waals surface area (Å²) in [5.41, 5.74) is 2.40. The number of ether oxygens (including phenoxy) is 1. The first-order chi connectivity index (χ1) is 17.1. The Hall–Kier alpha value is -0.430. The minimum Gasteiger partial charge on any atom is -0.492 e. The van der Waals surface area contributed by atoms with Crippen molar-refractivity contribution in [2.75, 3.05) is 39.5 Å². The number of fused-ring (bicyclic) bond motifs is 1. The van der Waals surface area contributed by atoms with E-state index in [0.29, 0.717) is 5.75 Å². The van der Waals surface area contributed by atoms with Crippen molar-refractivity contribution in [3.8, 4) is 5.75 Å². The maximum absolute atomic E-state index is 10.4. The smallest absolute Gasteiger partial charge is 0.119 e. The van der Waals surface area contributed by atoms with Gasteiger partial charge in [0.1, 0.15) is 49.0 Å². The van der Waals surface area contributed by atoms with Crippen LogP contribution < -0.4 is 4.74 Å². The van der Waals surface area contributed by atoms with E-state index in [4.69, 9.17) is 14.9 Å². The molecule has 0 spiro atoms. The second kappa shape index (κ2) is 17.3. The molecule has 0 radical (unpaired) electrons. The first-order valence-electron chi connectivity index (χ1n) is 11.5. The second-order valence-electron chi connectivity index (χ2n) is 8.66. The quantitative estimate of drug-likeness (QED) is 0.0871. The van der Waals surface area contributed by atoms with Gasteiger partial charge in [0.05, 0.1) is 25.4 Å². The van der Waals surface area contributed by atoms with E-state index in [1.165, 1.54) is 10.5 Å². The summed E-state index contributed by atoms with van der Waals surface area (Å²) in [5.74, 6) is 2.37. The Balaban J connectivity index is 0.00000684. The zero-order valence-corrected chi connectivity index (χ0v) is 22.5. The van der Waals surface area contributed by atoms with E-state index in [1.54, 1.807) is 21.6 Å². The molecule has 216 valence electrons. The molecule has 0 amide bonds. The summed E-state index contributed by atoms with van der Waals surface area (Å²) in [6.45, 7) is -2.21. The van der Waals surface area contributed by atoms with Crippen molar-refractivity contribution < 1.29 is 55.8 Å². The van der Waals surface area contributed by atoms with E-state index in [2.05, 4.69) is 0 Å². The van der Waals surface area contributed by atoms with Gasteiger partial charge in [0.25, 0.3) is 0 Å². The van der Waals surface area contributed by atoms with Crippen molar-refractivity contribution in [1.29, 1.82) is 0 Å². The Morgan fingerprint density at radius 2 is 1.16 bits per heavy atom. The van der Waals surface area contributed by atoms with Gasteiger partial charge in [0.2, 0.25) is 0 Å². The zero-order valence-electron chi connectivity index (χ0n) is 20.1. The third-order valence-electron chi connectivity index (χ3n) is 5.91. The average molecular weight is 592 g/mol. The molecule has 1 aliphatic heterocycles. The number of hydrogen-bond acceptors (Lipinski definition) is 14. The van der Waals surface area contributed by atoms with E-state index in [1.807, 2.05) is 18.2 Å². The number of aliphatic hydroxyl groups is 10. The molecule has 0 aliphatic carbocycles. The number of hydrogen-bond donors (Lipinski definition) is 10. The summed E-state index contributed by atoms with van der Waals surface area (Å²) in [7, 11) is 3.53. The van der Waals surface area contributed by atoms with Crippen molar-refractivity contribution in [2.45, 2.75) is 60.3 Å². The molecule has 1 aliphatic rings. The summed E-state index contributed by atoms with van der Waals surface area (Å²) >= 11 is 0. The maximum atomic E-state index is 10.4. The van der Waals surface area contributed by atoms with Gasteiger partial charge in [-0.05, 0) is 23.3 Å². The fraction of sp³-hybridized carbons (Fsp3) is 0.727. The first kappa shape index (κ1) is 34.6. The molecular formula is C22H38ClNO11S2. The standard InChI is InChI=1S/C22H37NO11S2.ClH/c24-8-17(28)21(32)19(30)15(26)6-23(7-16(27)20(31)22(33)18(29)9-25)3-4-34-14-2-1-12-10-35-36-11-13(12)5-14;/h1-2,5,15-22,24-33H,3-4,6-11H2;1H/t15-,16-,17-,18-,19-,20-,21-,22-;/m1./s1. The summed E-state index contributed by atoms with van der Waals surface area (Å²) in [6.07, 6.45) is -14.0. The predicted octanol–water partition coefficient (Wildman–Crippen LogP) is -2.94. The van der Waals surface area contributed by atoms with Gasteiger partial charge in [-0.1, -0.05) is 27.7 Å². The Labute approximate surface area is 229 Å². The van der Waals surface area contributed by atoms with Crippen molar-refractivity contribution >= 4 is 34.0 Å². The molecule has 0 saturated heterocycles. The molecule has 0 saturated carbocycles. The van der Waals surface area contributed by atoms with Gasteiger partial charge < -0.3 is 55.8 Å². The van der Waals surface area contributed by atoms with Crippen molar-refractivity contribution in [3.63, 3.8) is 0 Å². The monoisotopic (exact) mass is 591 g/mol. The molecule has 1 heterocycles. The largest absolute Gasteiger partial charge is 0.492 e. The van der Waals surface area contributed by atoms with Gasteiger partial charge in [-0.25, -0.2) is 0 Å². The molecule has 1 aromatic rings. The minimum absolute atomic E-state index is 0. The molecule has 8 atom stereocenters. The number of aliphatic hydroxyl groups excluding tert-OH is 10. The van der Waals surface area contributed by atoms with Crippen LogP contribution in [-0.4, -0.2) is 144 Å². The zero-order chi connectivity index (χ0) is 26.8. The molecule has 0 fully saturated rings. The molecule has 0 unspecified atom stereocenters. The number of halogens is 1. The molecule has 12 nitrogen and oxygen atoms in total. The molecule has 37 heavy (non-hydrogen) atoms. The first-order valence-corrected chi connectivity index (χ1v) is 13.9. The van der Waals surface area contributed by atoms with Crippen LogP contribution >= 0.6 is 34.0 Å². The van der Waals surface area contributed by atoms with Crippen LogP contribution in [0.1, 0.15) is 11.1 Å². The number of nitrogens with zero attached hydrogens (tertiary/aromatic N) is 1. The normalized spacial score (nSPS) is 20.1. The third kappa shape index (κ3) is 10.6. The Bertz CT molecular complexity index is 756. The summed E-state index contributed by atoms with van der Waals surface area (Å²) in [5, 5.41) is 97.8. The van der Waals surface area contributed by atoms with E-state index >= 15 is 0 Å². The minimum atomic E-state index is -1.84. The lowest BCUT2D eigenvalue weighted by atomic mass is 10.0. The molecule has 2 rings (SSSR count). The van der Waals surface area contributed by atoms with Crippen LogP contribution in [0.15, 0.2) is 18.2 Å². The summed E-state index contributed by atoms with van der Waals surface area (Å²) in [4.78, 5) is 1.39. The van der Waals surface area contributed by atoms with Gasteiger partial charge in [-0.15, -0.1) is 12.4 Å². The van der Waals surface area contributed by atoms with Gasteiger partial charge in [0, 0.05) is 31.1 Å². The van der Waals surface area contributed by atoms with E-state index in [9.17, 15) is 40.9 Å². The van der Waals surface area contributed by atoms with Crippen LogP contribution in [0.25, 0.3) is 0 Å². The number of rotatable bonds is 16. The van der Waals surface area contributed by atoms with E-state index < -0.39 is 62.0 Å². The lowest BCUT2D eigenvalue weighted by molar-refractivity contribution is -0.130. The van der Waals surface area contributed by atoms with E-state index in [-0.39, 0.29) is 38.6 Å². The molecule has 15 heteroatoms. The van der Waals surface area contributed by atoms with Crippen LogP contribution in [-0.2, 0) is 11.5 Å². The van der Waals surface area contributed by atoms with Crippen LogP contribution in [0, 0.1) is 0 Å². The Kier molecular flexibility index (Phi) is 16.2. The van der Waals surface area contributed by atoms with Crippen LogP contribution in [0.3, 0.4) is 0 Å². The average Bonchev–Trinajstić information content (AvgIpc) is 2.89. The Morgan fingerprint density at radius 3 is 1.65 bits per heavy atom. The van der Waals surface area contributed by atoms with Gasteiger partial charge in [-0.3, -0.25) is 4.90 Å². The second-order valence-corrected chi connectivity index (χ2v) is 11.1. The predicted molar refractivity (Wildman–Crippen MR) is 140 cm³/mol. The lowest BCUT2D eigenvalue weighted by Crippen LogP contribution is -2.53. The highest BCUT2D eigenvalue weighted by Gasteiger charge is 2.34. The van der Waals surface area contributed by atoms with E-state index in [0.717, 1.165) is 17.1 Å². The molecule has 10 N–H and O–H groups in total. The highest BCUT2D eigenvalue weighted by atomic mass is 35.5. The SMILES string of the molecule is Cl.OC[C@@H](O)[C@@H](O)[C@H](O)[C@H](O)CN(CCOc1ccc2c(c1)CSSC2)C[C@@H](O)[C@@H](O)[C@H](O)[C@H](O)CO. The lowest BCUT2D eigenvalue weighted by Gasteiger charge is -2.33. The Morgan fingerprint density at radius 1 is 0.703 bits per heavy atom. The number of benzene rings is 1. The molecular weight excluding hydrogens is 554 g/mol. The van der Waals surface area contributed by atoms with Gasteiger partial charge in [0.15, 0.2) is 0 Å².